The van der Waals surface area contributed by atoms with Gasteiger partial charge in [-0.3, -0.25) is 10.1 Å². The first kappa shape index (κ1) is 14.2. The summed E-state index contributed by atoms with van der Waals surface area (Å²) in [5.41, 5.74) is 3.54. The smallest absolute Gasteiger partial charge is 0.257 e. The van der Waals surface area contributed by atoms with Gasteiger partial charge in [-0.05, 0) is 32.4 Å². The number of amides is 1. The molecule has 0 saturated heterocycles. The van der Waals surface area contributed by atoms with Gasteiger partial charge in [-0.15, -0.1) is 11.3 Å². The van der Waals surface area contributed by atoms with Crippen LogP contribution in [0.1, 0.15) is 34.1 Å². The Morgan fingerprint density at radius 3 is 2.85 bits per heavy atom. The van der Waals surface area contributed by atoms with Gasteiger partial charge in [-0.2, -0.15) is 0 Å². The number of rotatable bonds is 3. The van der Waals surface area contributed by atoms with Crippen molar-refractivity contribution in [1.82, 2.24) is 4.98 Å². The number of aromatic nitrogens is 1. The lowest BCUT2D eigenvalue weighted by Crippen LogP contribution is -2.13. The third-order valence-corrected chi connectivity index (χ3v) is 3.64. The molecule has 0 spiro atoms. The highest BCUT2D eigenvalue weighted by molar-refractivity contribution is 7.14. The second-order valence-electron chi connectivity index (χ2n) is 4.50. The molecule has 0 aliphatic heterocycles. The van der Waals surface area contributed by atoms with E-state index in [2.05, 4.69) is 15.5 Å². The maximum atomic E-state index is 12.2. The number of nitrogens with zero attached hydrogens (tertiary/aromatic N) is 2. The average molecular weight is 289 g/mol. The Hall–Kier alpha value is -2.21. The van der Waals surface area contributed by atoms with E-state index in [1.165, 1.54) is 11.3 Å². The van der Waals surface area contributed by atoms with Crippen molar-refractivity contribution in [2.75, 3.05) is 5.32 Å². The van der Waals surface area contributed by atoms with Gasteiger partial charge in [-0.25, -0.2) is 4.98 Å². The Bertz CT molecular complexity index is 677. The zero-order valence-electron chi connectivity index (χ0n) is 11.5. The second-order valence-corrected chi connectivity index (χ2v) is 5.35. The number of nitrogens with one attached hydrogen (secondary N) is 1. The molecular weight excluding hydrogens is 274 g/mol. The predicted octanol–water partition coefficient (Wildman–Crippen LogP) is 3.21. The fourth-order valence-corrected chi connectivity index (χ4v) is 2.44. The van der Waals surface area contributed by atoms with Crippen LogP contribution in [0.25, 0.3) is 0 Å². The van der Waals surface area contributed by atoms with E-state index in [9.17, 15) is 4.79 Å². The number of benzene rings is 1. The van der Waals surface area contributed by atoms with Crippen LogP contribution in [0, 0.1) is 13.8 Å². The van der Waals surface area contributed by atoms with E-state index >= 15 is 0 Å². The van der Waals surface area contributed by atoms with Crippen molar-refractivity contribution in [3.05, 3.63) is 46.0 Å². The first-order valence-electron chi connectivity index (χ1n) is 6.04. The zero-order valence-corrected chi connectivity index (χ0v) is 12.3. The van der Waals surface area contributed by atoms with Crippen LogP contribution in [-0.2, 0) is 0 Å². The van der Waals surface area contributed by atoms with Crippen molar-refractivity contribution < 1.29 is 10.0 Å². The van der Waals surface area contributed by atoms with Crippen molar-refractivity contribution in [2.24, 2.45) is 5.16 Å². The van der Waals surface area contributed by atoms with Crippen LogP contribution < -0.4 is 5.32 Å². The monoisotopic (exact) mass is 289 g/mol. The number of oxime groups is 1. The van der Waals surface area contributed by atoms with Gasteiger partial charge in [0.1, 0.15) is 11.4 Å². The van der Waals surface area contributed by atoms with Crippen LogP contribution in [0.2, 0.25) is 0 Å². The minimum atomic E-state index is -0.189. The molecule has 2 rings (SSSR count). The van der Waals surface area contributed by atoms with E-state index in [0.29, 0.717) is 22.1 Å². The molecule has 20 heavy (non-hydrogen) atoms. The molecule has 0 aliphatic carbocycles. The maximum absolute atomic E-state index is 12.2. The first-order chi connectivity index (χ1) is 9.51. The van der Waals surface area contributed by atoms with Crippen LogP contribution in [0.3, 0.4) is 0 Å². The molecule has 1 aromatic heterocycles. The molecule has 1 heterocycles. The molecular formula is C14H15N3O2S. The number of carbonyl (C=O) groups excluding carboxylic acids is 1. The van der Waals surface area contributed by atoms with Gasteiger partial charge in [0.25, 0.3) is 5.91 Å². The van der Waals surface area contributed by atoms with E-state index < -0.39 is 0 Å². The Labute approximate surface area is 121 Å². The van der Waals surface area contributed by atoms with Crippen molar-refractivity contribution in [2.45, 2.75) is 20.8 Å². The normalized spacial score (nSPS) is 11.4. The van der Waals surface area contributed by atoms with Gasteiger partial charge in [0, 0.05) is 10.9 Å². The van der Waals surface area contributed by atoms with E-state index in [4.69, 9.17) is 5.21 Å². The summed E-state index contributed by atoms with van der Waals surface area (Å²) < 4.78 is 0. The summed E-state index contributed by atoms with van der Waals surface area (Å²) in [7, 11) is 0. The Morgan fingerprint density at radius 1 is 1.40 bits per heavy atom. The molecule has 2 aromatic rings. The van der Waals surface area contributed by atoms with E-state index in [0.717, 1.165) is 11.1 Å². The maximum Gasteiger partial charge on any atom is 0.257 e. The lowest BCUT2D eigenvalue weighted by molar-refractivity contribution is 0.102. The molecule has 0 atom stereocenters. The fourth-order valence-electron chi connectivity index (χ4n) is 1.69. The molecule has 0 fully saturated rings. The number of anilines is 1. The summed E-state index contributed by atoms with van der Waals surface area (Å²) in [6, 6.07) is 5.73. The molecule has 6 heteroatoms. The standard InChI is InChI=1S/C14H15N3O2S/c1-8-4-5-9(2)11(6-8)13(18)16-14-15-12(7-20-14)10(3)17-19/h4-7,19H,1-3H3,(H,15,16,18). The number of carbonyl (C=O) groups is 1. The van der Waals surface area contributed by atoms with Crippen LogP contribution in [0.5, 0.6) is 0 Å². The highest BCUT2D eigenvalue weighted by atomic mass is 32.1. The Kier molecular flexibility index (Phi) is 4.14. The van der Waals surface area contributed by atoms with E-state index in [1.807, 2.05) is 32.0 Å². The highest BCUT2D eigenvalue weighted by Gasteiger charge is 2.12. The summed E-state index contributed by atoms with van der Waals surface area (Å²) in [5.74, 6) is -0.189. The number of hydrogen-bond acceptors (Lipinski definition) is 5. The van der Waals surface area contributed by atoms with Gasteiger partial charge >= 0.3 is 0 Å². The van der Waals surface area contributed by atoms with Gasteiger partial charge in [0.2, 0.25) is 0 Å². The molecule has 0 saturated carbocycles. The minimum Gasteiger partial charge on any atom is -0.411 e. The number of thiazole rings is 1. The minimum absolute atomic E-state index is 0.189. The SMILES string of the molecule is CC(=NO)c1csc(NC(=O)c2cc(C)ccc2C)n1. The highest BCUT2D eigenvalue weighted by Crippen LogP contribution is 2.18. The zero-order chi connectivity index (χ0) is 14.7. The number of aryl methyl sites for hydroxylation is 2. The fraction of sp³-hybridized carbons (Fsp3) is 0.214. The summed E-state index contributed by atoms with van der Waals surface area (Å²) in [4.78, 5) is 16.4. The van der Waals surface area contributed by atoms with Crippen molar-refractivity contribution in [3.8, 4) is 0 Å². The van der Waals surface area contributed by atoms with Crippen molar-refractivity contribution in [1.29, 1.82) is 0 Å². The molecule has 2 N–H and O–H groups in total. The van der Waals surface area contributed by atoms with Gasteiger partial charge in [-0.1, -0.05) is 22.9 Å². The van der Waals surface area contributed by atoms with Crippen LogP contribution >= 0.6 is 11.3 Å². The quantitative estimate of drug-likeness (QED) is 0.517. The van der Waals surface area contributed by atoms with E-state index in [-0.39, 0.29) is 5.91 Å². The molecule has 0 radical (unpaired) electrons. The molecule has 104 valence electrons. The summed E-state index contributed by atoms with van der Waals surface area (Å²) in [6.45, 7) is 5.48. The molecule has 0 bridgehead atoms. The lowest BCUT2D eigenvalue weighted by Gasteiger charge is -2.06. The third-order valence-electron chi connectivity index (χ3n) is 2.88. The average Bonchev–Trinajstić information content (AvgIpc) is 2.89. The van der Waals surface area contributed by atoms with Crippen LogP contribution in [0.4, 0.5) is 5.13 Å². The predicted molar refractivity (Wildman–Crippen MR) is 80.0 cm³/mol. The Morgan fingerprint density at radius 2 is 2.15 bits per heavy atom. The van der Waals surface area contributed by atoms with E-state index in [1.54, 1.807) is 12.3 Å². The largest absolute Gasteiger partial charge is 0.411 e. The van der Waals surface area contributed by atoms with Crippen LogP contribution in [-0.4, -0.2) is 21.8 Å². The van der Waals surface area contributed by atoms with Crippen molar-refractivity contribution in [3.63, 3.8) is 0 Å². The Balaban J connectivity index is 2.19. The summed E-state index contributed by atoms with van der Waals surface area (Å²) in [5, 5.41) is 16.7. The van der Waals surface area contributed by atoms with Crippen LogP contribution in [0.15, 0.2) is 28.7 Å². The molecule has 0 aliphatic rings. The molecule has 0 unspecified atom stereocenters. The first-order valence-corrected chi connectivity index (χ1v) is 6.92. The summed E-state index contributed by atoms with van der Waals surface area (Å²) in [6.07, 6.45) is 0. The van der Waals surface area contributed by atoms with Gasteiger partial charge < -0.3 is 5.21 Å². The lowest BCUT2D eigenvalue weighted by atomic mass is 10.1. The summed E-state index contributed by atoms with van der Waals surface area (Å²) >= 11 is 1.29. The van der Waals surface area contributed by atoms with Gasteiger partial charge in [0.15, 0.2) is 5.13 Å². The molecule has 5 nitrogen and oxygen atoms in total. The topological polar surface area (TPSA) is 74.6 Å². The van der Waals surface area contributed by atoms with Crippen molar-refractivity contribution >= 4 is 28.1 Å². The number of hydrogen-bond donors (Lipinski definition) is 2. The van der Waals surface area contributed by atoms with Gasteiger partial charge in [0.05, 0.1) is 0 Å². The second kappa shape index (κ2) is 5.83. The molecule has 1 amide bonds. The third kappa shape index (κ3) is 3.03. The molecule has 1 aromatic carbocycles.